The third-order valence-electron chi connectivity index (χ3n) is 3.67. The first-order valence-corrected chi connectivity index (χ1v) is 9.25. The second-order valence-electron chi connectivity index (χ2n) is 5.66. The maximum atomic E-state index is 11.8. The number of rotatable bonds is 7. The van der Waals surface area contributed by atoms with Crippen LogP contribution < -0.4 is 10.7 Å². The summed E-state index contributed by atoms with van der Waals surface area (Å²) in [5.74, 6) is 0.694. The predicted octanol–water partition coefficient (Wildman–Crippen LogP) is 4.02. The Kier molecular flexibility index (Phi) is 6.37. The van der Waals surface area contributed by atoms with Gasteiger partial charge < -0.3 is 9.73 Å². The quantitative estimate of drug-likeness (QED) is 0.225. The number of non-ortho nitro benzene ring substituents is 1. The highest BCUT2D eigenvalue weighted by atomic mass is 127. The first-order valence-electron chi connectivity index (χ1n) is 8.17. The van der Waals surface area contributed by atoms with E-state index in [1.807, 2.05) is 24.3 Å². The number of hydrazone groups is 1. The van der Waals surface area contributed by atoms with E-state index in [-0.39, 0.29) is 18.1 Å². The van der Waals surface area contributed by atoms with Crippen LogP contribution in [0.3, 0.4) is 0 Å². The van der Waals surface area contributed by atoms with E-state index in [1.165, 1.54) is 18.3 Å². The van der Waals surface area contributed by atoms with Crippen molar-refractivity contribution in [2.75, 3.05) is 11.9 Å². The van der Waals surface area contributed by atoms with Gasteiger partial charge in [0.25, 0.3) is 11.6 Å². The Morgan fingerprint density at radius 1 is 1.11 bits per heavy atom. The van der Waals surface area contributed by atoms with Crippen LogP contribution in [0.5, 0.6) is 0 Å². The number of benzene rings is 2. The maximum absolute atomic E-state index is 11.8. The van der Waals surface area contributed by atoms with E-state index >= 15 is 0 Å². The molecule has 0 unspecified atom stereocenters. The Morgan fingerprint density at radius 3 is 2.50 bits per heavy atom. The monoisotopic (exact) mass is 490 g/mol. The standard InChI is InChI=1S/C19H15IN4O4/c20-14-3-5-15(6-4-14)21-12-19(25)23-22-11-17-9-10-18(28-17)13-1-7-16(8-2-13)24(26)27/h1-11,21H,12H2,(H,23,25). The fraction of sp³-hybridized carbons (Fsp3) is 0.0526. The van der Waals surface area contributed by atoms with Crippen molar-refractivity contribution in [2.45, 2.75) is 0 Å². The van der Waals surface area contributed by atoms with Gasteiger partial charge in [0, 0.05) is 27.0 Å². The number of halogens is 1. The molecule has 8 nitrogen and oxygen atoms in total. The SMILES string of the molecule is O=C(CNc1ccc(I)cc1)NN=Cc1ccc(-c2ccc([N+](=O)[O-])cc2)o1. The van der Waals surface area contributed by atoms with E-state index in [1.54, 1.807) is 24.3 Å². The van der Waals surface area contributed by atoms with Crippen molar-refractivity contribution in [1.29, 1.82) is 0 Å². The molecule has 1 heterocycles. The minimum absolute atomic E-state index is 0.0126. The molecule has 2 aromatic carbocycles. The highest BCUT2D eigenvalue weighted by Gasteiger charge is 2.08. The number of nitrogens with zero attached hydrogens (tertiary/aromatic N) is 2. The number of carbonyl (C=O) groups excluding carboxylic acids is 1. The molecule has 0 aliphatic rings. The molecule has 0 aliphatic heterocycles. The van der Waals surface area contributed by atoms with Crippen LogP contribution in [0.2, 0.25) is 0 Å². The molecule has 1 aromatic heterocycles. The predicted molar refractivity (Wildman–Crippen MR) is 114 cm³/mol. The third kappa shape index (κ3) is 5.39. The van der Waals surface area contributed by atoms with Gasteiger partial charge in [-0.1, -0.05) is 0 Å². The van der Waals surface area contributed by atoms with E-state index in [4.69, 9.17) is 4.42 Å². The van der Waals surface area contributed by atoms with Crippen LogP contribution in [-0.4, -0.2) is 23.6 Å². The number of nitro groups is 1. The summed E-state index contributed by atoms with van der Waals surface area (Å²) in [5.41, 5.74) is 3.98. The second-order valence-corrected chi connectivity index (χ2v) is 6.91. The van der Waals surface area contributed by atoms with E-state index in [9.17, 15) is 14.9 Å². The number of carbonyl (C=O) groups is 1. The largest absolute Gasteiger partial charge is 0.455 e. The van der Waals surface area contributed by atoms with Gasteiger partial charge >= 0.3 is 0 Å². The fourth-order valence-electron chi connectivity index (χ4n) is 2.28. The lowest BCUT2D eigenvalue weighted by atomic mass is 10.1. The highest BCUT2D eigenvalue weighted by molar-refractivity contribution is 14.1. The molecule has 0 radical (unpaired) electrons. The van der Waals surface area contributed by atoms with Gasteiger partial charge in [0.1, 0.15) is 11.5 Å². The van der Waals surface area contributed by atoms with Gasteiger partial charge in [-0.2, -0.15) is 5.10 Å². The Bertz CT molecular complexity index is 998. The molecule has 2 N–H and O–H groups in total. The van der Waals surface area contributed by atoms with Gasteiger partial charge in [0.15, 0.2) is 0 Å². The van der Waals surface area contributed by atoms with Gasteiger partial charge in [0.05, 0.1) is 17.7 Å². The molecule has 142 valence electrons. The molecule has 3 rings (SSSR count). The molecule has 0 saturated heterocycles. The first-order chi connectivity index (χ1) is 13.5. The molecule has 1 amide bonds. The third-order valence-corrected chi connectivity index (χ3v) is 4.39. The summed E-state index contributed by atoms with van der Waals surface area (Å²) >= 11 is 2.21. The number of nitro benzene ring substituents is 1. The number of hydrogen-bond donors (Lipinski definition) is 2. The smallest absolute Gasteiger partial charge is 0.269 e. The van der Waals surface area contributed by atoms with Gasteiger partial charge in [0.2, 0.25) is 0 Å². The molecular weight excluding hydrogens is 475 g/mol. The Hall–Kier alpha value is -3.21. The lowest BCUT2D eigenvalue weighted by molar-refractivity contribution is -0.384. The summed E-state index contributed by atoms with van der Waals surface area (Å²) in [7, 11) is 0. The zero-order chi connectivity index (χ0) is 19.9. The molecule has 9 heteroatoms. The molecular formula is C19H15IN4O4. The van der Waals surface area contributed by atoms with Crippen LogP contribution in [0.25, 0.3) is 11.3 Å². The highest BCUT2D eigenvalue weighted by Crippen LogP contribution is 2.24. The average molecular weight is 490 g/mol. The second kappa shape index (κ2) is 9.13. The number of furan rings is 1. The van der Waals surface area contributed by atoms with Crippen molar-refractivity contribution in [3.8, 4) is 11.3 Å². The minimum Gasteiger partial charge on any atom is -0.455 e. The number of nitrogens with one attached hydrogen (secondary N) is 2. The number of amides is 1. The maximum Gasteiger partial charge on any atom is 0.269 e. The van der Waals surface area contributed by atoms with Crippen molar-refractivity contribution in [3.63, 3.8) is 0 Å². The van der Waals surface area contributed by atoms with Crippen molar-refractivity contribution in [1.82, 2.24) is 5.43 Å². The molecule has 3 aromatic rings. The Labute approximate surface area is 173 Å². The van der Waals surface area contributed by atoms with Crippen LogP contribution in [0, 0.1) is 13.7 Å². The summed E-state index contributed by atoms with van der Waals surface area (Å²) in [6, 6.07) is 17.1. The topological polar surface area (TPSA) is 110 Å². The van der Waals surface area contributed by atoms with Crippen LogP contribution in [0.1, 0.15) is 5.76 Å². The molecule has 0 spiro atoms. The van der Waals surface area contributed by atoms with Gasteiger partial charge in [-0.25, -0.2) is 5.43 Å². The fourth-order valence-corrected chi connectivity index (χ4v) is 2.64. The summed E-state index contributed by atoms with van der Waals surface area (Å²) in [6.45, 7) is 0.0874. The normalized spacial score (nSPS) is 10.8. The summed E-state index contributed by atoms with van der Waals surface area (Å²) in [4.78, 5) is 22.0. The Morgan fingerprint density at radius 2 is 1.82 bits per heavy atom. The van der Waals surface area contributed by atoms with Gasteiger partial charge in [-0.15, -0.1) is 0 Å². The zero-order valence-corrected chi connectivity index (χ0v) is 16.6. The average Bonchev–Trinajstić information content (AvgIpc) is 3.16. The summed E-state index contributed by atoms with van der Waals surface area (Å²) in [6.07, 6.45) is 1.39. The van der Waals surface area contributed by atoms with Crippen LogP contribution in [0.15, 0.2) is 70.2 Å². The summed E-state index contributed by atoms with van der Waals surface area (Å²) < 4.78 is 6.72. The van der Waals surface area contributed by atoms with Crippen molar-refractivity contribution >= 4 is 46.1 Å². The summed E-state index contributed by atoms with van der Waals surface area (Å²) in [5, 5.41) is 17.6. The van der Waals surface area contributed by atoms with E-state index in [2.05, 4.69) is 38.4 Å². The molecule has 0 saturated carbocycles. The molecule has 0 bridgehead atoms. The van der Waals surface area contributed by atoms with E-state index < -0.39 is 4.92 Å². The molecule has 0 fully saturated rings. The van der Waals surface area contributed by atoms with E-state index in [0.29, 0.717) is 17.1 Å². The molecule has 0 atom stereocenters. The van der Waals surface area contributed by atoms with Crippen LogP contribution in [0.4, 0.5) is 11.4 Å². The molecule has 28 heavy (non-hydrogen) atoms. The van der Waals surface area contributed by atoms with Crippen molar-refractivity contribution in [3.05, 3.63) is 80.1 Å². The van der Waals surface area contributed by atoms with Gasteiger partial charge in [-0.05, 0) is 71.1 Å². The van der Waals surface area contributed by atoms with E-state index in [0.717, 1.165) is 9.26 Å². The van der Waals surface area contributed by atoms with Crippen molar-refractivity contribution < 1.29 is 14.1 Å². The minimum atomic E-state index is -0.458. The van der Waals surface area contributed by atoms with Crippen molar-refractivity contribution in [2.24, 2.45) is 5.10 Å². The van der Waals surface area contributed by atoms with Crippen LogP contribution >= 0.6 is 22.6 Å². The lowest BCUT2D eigenvalue weighted by Gasteiger charge is -2.04. The lowest BCUT2D eigenvalue weighted by Crippen LogP contribution is -2.25. The number of hydrogen-bond acceptors (Lipinski definition) is 6. The Balaban J connectivity index is 1.51. The van der Waals surface area contributed by atoms with Gasteiger partial charge in [-0.3, -0.25) is 14.9 Å². The first kappa shape index (κ1) is 19.5. The molecule has 0 aliphatic carbocycles. The number of anilines is 1. The zero-order valence-electron chi connectivity index (χ0n) is 14.5. The van der Waals surface area contributed by atoms with Crippen LogP contribution in [-0.2, 0) is 4.79 Å².